The molecular formula is C13H16BrN3O. The Morgan fingerprint density at radius 3 is 2.78 bits per heavy atom. The average molecular weight is 310 g/mol. The Labute approximate surface area is 116 Å². The quantitative estimate of drug-likeness (QED) is 0.859. The molecule has 0 N–H and O–H groups in total. The second kappa shape index (κ2) is 6.19. The molecule has 5 heteroatoms. The SMILES string of the molecule is CCN(c1ccc(Br)cc1C#N)N1CCOCC1. The summed E-state index contributed by atoms with van der Waals surface area (Å²) in [6.45, 7) is 6.17. The highest BCUT2D eigenvalue weighted by molar-refractivity contribution is 9.10. The molecule has 1 aliphatic heterocycles. The molecule has 4 nitrogen and oxygen atoms in total. The molecule has 18 heavy (non-hydrogen) atoms. The minimum atomic E-state index is 0.692. The van der Waals surface area contributed by atoms with Gasteiger partial charge in [0.2, 0.25) is 0 Å². The molecule has 1 heterocycles. The summed E-state index contributed by atoms with van der Waals surface area (Å²) in [4.78, 5) is 0. The number of hydrogen-bond acceptors (Lipinski definition) is 4. The van der Waals surface area contributed by atoms with Crippen LogP contribution >= 0.6 is 15.9 Å². The van der Waals surface area contributed by atoms with Crippen LogP contribution < -0.4 is 5.01 Å². The molecule has 0 bridgehead atoms. The normalized spacial score (nSPS) is 16.3. The Bertz CT molecular complexity index is 452. The van der Waals surface area contributed by atoms with Gasteiger partial charge in [-0.25, -0.2) is 5.01 Å². The van der Waals surface area contributed by atoms with Gasteiger partial charge in [0.15, 0.2) is 0 Å². The molecule has 1 aromatic carbocycles. The van der Waals surface area contributed by atoms with Crippen LogP contribution in [0.5, 0.6) is 0 Å². The van der Waals surface area contributed by atoms with Crippen molar-refractivity contribution in [2.24, 2.45) is 0 Å². The number of rotatable bonds is 3. The Morgan fingerprint density at radius 1 is 1.44 bits per heavy atom. The fourth-order valence-corrected chi connectivity index (χ4v) is 2.50. The second-order valence-corrected chi connectivity index (χ2v) is 4.97. The molecule has 1 aliphatic rings. The maximum absolute atomic E-state index is 9.24. The molecule has 0 aromatic heterocycles. The summed E-state index contributed by atoms with van der Waals surface area (Å²) in [6.07, 6.45) is 0. The second-order valence-electron chi connectivity index (χ2n) is 4.06. The molecule has 0 atom stereocenters. The van der Waals surface area contributed by atoms with Gasteiger partial charge < -0.3 is 9.75 Å². The lowest BCUT2D eigenvalue weighted by molar-refractivity contribution is 0.0322. The van der Waals surface area contributed by atoms with Gasteiger partial charge >= 0.3 is 0 Å². The van der Waals surface area contributed by atoms with Gasteiger partial charge in [-0.1, -0.05) is 15.9 Å². The Kier molecular flexibility index (Phi) is 4.59. The fraction of sp³-hybridized carbons (Fsp3) is 0.462. The minimum Gasteiger partial charge on any atom is -0.379 e. The predicted molar refractivity (Wildman–Crippen MR) is 74.3 cm³/mol. The van der Waals surface area contributed by atoms with E-state index in [2.05, 4.69) is 38.9 Å². The largest absolute Gasteiger partial charge is 0.379 e. The van der Waals surface area contributed by atoms with E-state index in [4.69, 9.17) is 4.74 Å². The highest BCUT2D eigenvalue weighted by atomic mass is 79.9. The zero-order valence-corrected chi connectivity index (χ0v) is 12.0. The number of anilines is 1. The number of morpholine rings is 1. The van der Waals surface area contributed by atoms with Crippen molar-refractivity contribution in [3.63, 3.8) is 0 Å². The van der Waals surface area contributed by atoms with E-state index in [1.165, 1.54) is 0 Å². The molecule has 1 saturated heterocycles. The van der Waals surface area contributed by atoms with Gasteiger partial charge in [-0.05, 0) is 25.1 Å². The smallest absolute Gasteiger partial charge is 0.101 e. The van der Waals surface area contributed by atoms with Crippen molar-refractivity contribution in [3.8, 4) is 6.07 Å². The van der Waals surface area contributed by atoms with Crippen LogP contribution in [0.25, 0.3) is 0 Å². The summed E-state index contributed by atoms with van der Waals surface area (Å²) in [5.41, 5.74) is 1.66. The lowest BCUT2D eigenvalue weighted by atomic mass is 10.2. The van der Waals surface area contributed by atoms with Crippen molar-refractivity contribution in [3.05, 3.63) is 28.2 Å². The number of hydrazine groups is 1. The first-order valence-electron chi connectivity index (χ1n) is 6.06. The van der Waals surface area contributed by atoms with Crippen molar-refractivity contribution in [2.75, 3.05) is 37.9 Å². The maximum atomic E-state index is 9.24. The van der Waals surface area contributed by atoms with Crippen LogP contribution in [0.4, 0.5) is 5.69 Å². The zero-order valence-electron chi connectivity index (χ0n) is 10.4. The molecular weight excluding hydrogens is 294 g/mol. The van der Waals surface area contributed by atoms with Gasteiger partial charge in [-0.3, -0.25) is 0 Å². The van der Waals surface area contributed by atoms with E-state index in [1.54, 1.807) is 0 Å². The van der Waals surface area contributed by atoms with Crippen LogP contribution in [-0.2, 0) is 4.74 Å². The highest BCUT2D eigenvalue weighted by Crippen LogP contribution is 2.25. The topological polar surface area (TPSA) is 39.5 Å². The third-order valence-electron chi connectivity index (χ3n) is 2.99. The van der Waals surface area contributed by atoms with Gasteiger partial charge in [0, 0.05) is 24.1 Å². The van der Waals surface area contributed by atoms with Crippen LogP contribution in [0.2, 0.25) is 0 Å². The maximum Gasteiger partial charge on any atom is 0.101 e. The van der Waals surface area contributed by atoms with E-state index in [9.17, 15) is 5.26 Å². The molecule has 0 amide bonds. The summed E-state index contributed by atoms with van der Waals surface area (Å²) in [5.74, 6) is 0. The Morgan fingerprint density at radius 2 is 2.17 bits per heavy atom. The van der Waals surface area contributed by atoms with Crippen molar-refractivity contribution in [1.29, 1.82) is 5.26 Å². The summed E-state index contributed by atoms with van der Waals surface area (Å²) in [5, 5.41) is 13.6. The molecule has 2 rings (SSSR count). The summed E-state index contributed by atoms with van der Waals surface area (Å²) < 4.78 is 6.30. The third kappa shape index (κ3) is 2.83. The summed E-state index contributed by atoms with van der Waals surface area (Å²) in [6, 6.07) is 8.08. The van der Waals surface area contributed by atoms with E-state index >= 15 is 0 Å². The molecule has 0 unspecified atom stereocenters. The molecule has 0 spiro atoms. The van der Waals surface area contributed by atoms with Crippen LogP contribution in [0, 0.1) is 11.3 Å². The first kappa shape index (κ1) is 13.3. The van der Waals surface area contributed by atoms with Gasteiger partial charge in [-0.15, -0.1) is 0 Å². The first-order valence-corrected chi connectivity index (χ1v) is 6.85. The van der Waals surface area contributed by atoms with Gasteiger partial charge in [0.1, 0.15) is 6.07 Å². The number of nitrogens with zero attached hydrogens (tertiary/aromatic N) is 3. The molecule has 0 radical (unpaired) electrons. The molecule has 1 aromatic rings. The van der Waals surface area contributed by atoms with Crippen LogP contribution in [0.15, 0.2) is 22.7 Å². The van der Waals surface area contributed by atoms with Crippen molar-refractivity contribution in [1.82, 2.24) is 5.01 Å². The Hall–Kier alpha value is -1.09. The first-order chi connectivity index (χ1) is 8.76. The minimum absolute atomic E-state index is 0.692. The predicted octanol–water partition coefficient (Wildman–Crippen LogP) is 2.39. The van der Waals surface area contributed by atoms with Crippen LogP contribution in [-0.4, -0.2) is 37.9 Å². The van der Waals surface area contributed by atoms with Gasteiger partial charge in [0.05, 0.1) is 24.5 Å². The van der Waals surface area contributed by atoms with Crippen molar-refractivity contribution in [2.45, 2.75) is 6.92 Å². The number of nitriles is 1. The van der Waals surface area contributed by atoms with E-state index in [1.807, 2.05) is 18.2 Å². The standard InChI is InChI=1S/C13H16BrN3O/c1-2-17(16-5-7-18-8-6-16)13-4-3-12(14)9-11(13)10-15/h3-4,9H,2,5-8H2,1H3. The number of hydrogen-bond donors (Lipinski definition) is 0. The number of benzene rings is 1. The van der Waals surface area contributed by atoms with Crippen LogP contribution in [0.3, 0.4) is 0 Å². The monoisotopic (exact) mass is 309 g/mol. The van der Waals surface area contributed by atoms with Gasteiger partial charge in [-0.2, -0.15) is 5.26 Å². The van der Waals surface area contributed by atoms with E-state index in [0.29, 0.717) is 5.56 Å². The molecule has 1 fully saturated rings. The third-order valence-corrected chi connectivity index (χ3v) is 3.48. The average Bonchev–Trinajstić information content (AvgIpc) is 2.42. The molecule has 0 aliphatic carbocycles. The van der Waals surface area contributed by atoms with E-state index < -0.39 is 0 Å². The van der Waals surface area contributed by atoms with Crippen molar-refractivity contribution < 1.29 is 4.74 Å². The van der Waals surface area contributed by atoms with E-state index in [-0.39, 0.29) is 0 Å². The number of halogens is 1. The lowest BCUT2D eigenvalue weighted by Gasteiger charge is -2.38. The number of ether oxygens (including phenoxy) is 1. The van der Waals surface area contributed by atoms with E-state index in [0.717, 1.165) is 43.0 Å². The van der Waals surface area contributed by atoms with Crippen molar-refractivity contribution >= 4 is 21.6 Å². The lowest BCUT2D eigenvalue weighted by Crippen LogP contribution is -2.49. The highest BCUT2D eigenvalue weighted by Gasteiger charge is 2.19. The molecule has 96 valence electrons. The summed E-state index contributed by atoms with van der Waals surface area (Å²) >= 11 is 3.40. The fourth-order valence-electron chi connectivity index (χ4n) is 2.14. The van der Waals surface area contributed by atoms with Gasteiger partial charge in [0.25, 0.3) is 0 Å². The Balaban J connectivity index is 2.29. The summed E-state index contributed by atoms with van der Waals surface area (Å²) in [7, 11) is 0. The zero-order chi connectivity index (χ0) is 13.0. The van der Waals surface area contributed by atoms with Crippen LogP contribution in [0.1, 0.15) is 12.5 Å². The molecule has 0 saturated carbocycles.